The van der Waals surface area contributed by atoms with Gasteiger partial charge in [0.1, 0.15) is 6.61 Å². The molecule has 0 saturated heterocycles. The topological polar surface area (TPSA) is 77.1 Å². The van der Waals surface area contributed by atoms with Gasteiger partial charge in [0, 0.05) is 32.3 Å². The zero-order valence-corrected chi connectivity index (χ0v) is 13.0. The first-order valence-corrected chi connectivity index (χ1v) is 6.77. The fourth-order valence-corrected chi connectivity index (χ4v) is 1.65. The van der Waals surface area contributed by atoms with Gasteiger partial charge in [0.05, 0.1) is 18.5 Å². The van der Waals surface area contributed by atoms with Crippen LogP contribution in [0.3, 0.4) is 0 Å². The Balaban J connectivity index is 4.09. The van der Waals surface area contributed by atoms with Crippen molar-refractivity contribution in [1.82, 2.24) is 4.90 Å². The molecule has 0 rings (SSSR count). The van der Waals surface area contributed by atoms with Gasteiger partial charge >= 0.3 is 0 Å². The van der Waals surface area contributed by atoms with E-state index in [1.807, 2.05) is 13.8 Å². The van der Waals surface area contributed by atoms with Crippen LogP contribution in [-0.2, 0) is 14.3 Å². The Labute approximate surface area is 121 Å². The van der Waals surface area contributed by atoms with Crippen molar-refractivity contribution in [2.45, 2.75) is 33.3 Å². The van der Waals surface area contributed by atoms with Gasteiger partial charge in [0.25, 0.3) is 0 Å². The van der Waals surface area contributed by atoms with E-state index in [1.54, 1.807) is 18.9 Å². The molecule has 0 saturated carbocycles. The third-order valence-electron chi connectivity index (χ3n) is 2.65. The van der Waals surface area contributed by atoms with Crippen molar-refractivity contribution in [3.63, 3.8) is 0 Å². The van der Waals surface area contributed by atoms with Gasteiger partial charge in [-0.15, -0.1) is 0 Å². The molecule has 0 bridgehead atoms. The number of carbonyl (C=O) groups excluding carboxylic acids is 1. The van der Waals surface area contributed by atoms with Crippen LogP contribution >= 0.6 is 0 Å². The summed E-state index contributed by atoms with van der Waals surface area (Å²) in [6.45, 7) is 11.1. The van der Waals surface area contributed by atoms with Crippen molar-refractivity contribution >= 4 is 11.7 Å². The van der Waals surface area contributed by atoms with Gasteiger partial charge in [-0.3, -0.25) is 4.79 Å². The van der Waals surface area contributed by atoms with Crippen molar-refractivity contribution in [2.75, 3.05) is 33.4 Å². The summed E-state index contributed by atoms with van der Waals surface area (Å²) in [7, 11) is 1.61. The third kappa shape index (κ3) is 8.66. The Morgan fingerprint density at radius 2 is 2.15 bits per heavy atom. The molecule has 0 aromatic heterocycles. The number of amidine groups is 1. The summed E-state index contributed by atoms with van der Waals surface area (Å²) in [6.07, 6.45) is 0.419. The number of methoxy groups -OCH3 is 1. The smallest absolute Gasteiger partial charge is 0.248 e. The quantitative estimate of drug-likeness (QED) is 0.483. The van der Waals surface area contributed by atoms with E-state index < -0.39 is 0 Å². The van der Waals surface area contributed by atoms with Crippen LogP contribution in [0, 0.1) is 0 Å². The number of carbonyl (C=O) groups is 1. The predicted octanol–water partition coefficient (Wildman–Crippen LogP) is 1.17. The summed E-state index contributed by atoms with van der Waals surface area (Å²) in [5, 5.41) is 0. The Bertz CT molecular complexity index is 339. The minimum Gasteiger partial charge on any atom is -0.387 e. The SMILES string of the molecule is C=C(CC(C)OCC(=O)N(CC)CCOC)N=C(C)N. The highest BCUT2D eigenvalue weighted by Crippen LogP contribution is 2.08. The van der Waals surface area contributed by atoms with Gasteiger partial charge in [-0.2, -0.15) is 0 Å². The zero-order valence-electron chi connectivity index (χ0n) is 13.0. The van der Waals surface area contributed by atoms with Crippen LogP contribution in [-0.4, -0.2) is 56.2 Å². The van der Waals surface area contributed by atoms with Crippen LogP contribution in [0.5, 0.6) is 0 Å². The average Bonchev–Trinajstić information content (AvgIpc) is 2.36. The van der Waals surface area contributed by atoms with Gasteiger partial charge in [-0.1, -0.05) is 6.58 Å². The second kappa shape index (κ2) is 10.4. The summed E-state index contributed by atoms with van der Waals surface area (Å²) in [6, 6.07) is 0. The lowest BCUT2D eigenvalue weighted by molar-refractivity contribution is -0.138. The van der Waals surface area contributed by atoms with Gasteiger partial charge < -0.3 is 20.1 Å². The first kappa shape index (κ1) is 18.6. The summed E-state index contributed by atoms with van der Waals surface area (Å²) < 4.78 is 10.5. The Morgan fingerprint density at radius 3 is 2.65 bits per heavy atom. The van der Waals surface area contributed by atoms with Gasteiger partial charge in [0.2, 0.25) is 5.91 Å². The second-order valence-electron chi connectivity index (χ2n) is 4.61. The molecule has 0 fully saturated rings. The monoisotopic (exact) mass is 285 g/mol. The Kier molecular flexibility index (Phi) is 9.67. The van der Waals surface area contributed by atoms with E-state index in [4.69, 9.17) is 15.2 Å². The van der Waals surface area contributed by atoms with Crippen molar-refractivity contribution in [3.05, 3.63) is 12.3 Å². The van der Waals surface area contributed by atoms with Crippen LogP contribution in [0.25, 0.3) is 0 Å². The number of nitrogens with zero attached hydrogens (tertiary/aromatic N) is 2. The maximum atomic E-state index is 11.9. The number of hydrogen-bond donors (Lipinski definition) is 1. The Morgan fingerprint density at radius 1 is 1.50 bits per heavy atom. The Hall–Kier alpha value is -1.40. The number of nitrogens with two attached hydrogens (primary N) is 1. The van der Waals surface area contributed by atoms with Crippen LogP contribution in [0.2, 0.25) is 0 Å². The minimum absolute atomic E-state index is 0.0412. The minimum atomic E-state index is -0.129. The molecule has 1 amide bonds. The first-order valence-electron chi connectivity index (χ1n) is 6.77. The van der Waals surface area contributed by atoms with Crippen molar-refractivity contribution < 1.29 is 14.3 Å². The molecule has 2 N–H and O–H groups in total. The highest BCUT2D eigenvalue weighted by atomic mass is 16.5. The van der Waals surface area contributed by atoms with Crippen molar-refractivity contribution in [1.29, 1.82) is 0 Å². The first-order chi connectivity index (χ1) is 9.40. The highest BCUT2D eigenvalue weighted by Gasteiger charge is 2.13. The van der Waals surface area contributed by atoms with Crippen LogP contribution < -0.4 is 5.73 Å². The van der Waals surface area contributed by atoms with Crippen molar-refractivity contribution in [2.24, 2.45) is 10.7 Å². The number of likely N-dealkylation sites (N-methyl/N-ethyl adjacent to an activating group) is 1. The highest BCUT2D eigenvalue weighted by molar-refractivity contribution is 5.78. The summed E-state index contributed by atoms with van der Waals surface area (Å²) in [5.74, 6) is 0.426. The molecule has 0 aromatic rings. The van der Waals surface area contributed by atoms with E-state index in [0.29, 0.717) is 37.6 Å². The summed E-state index contributed by atoms with van der Waals surface area (Å²) in [4.78, 5) is 17.7. The molecule has 0 aromatic carbocycles. The largest absolute Gasteiger partial charge is 0.387 e. The summed E-state index contributed by atoms with van der Waals surface area (Å²) in [5.41, 5.74) is 6.12. The molecular weight excluding hydrogens is 258 g/mol. The average molecular weight is 285 g/mol. The van der Waals surface area contributed by atoms with Crippen LogP contribution in [0.1, 0.15) is 27.2 Å². The van der Waals surface area contributed by atoms with Crippen molar-refractivity contribution in [3.8, 4) is 0 Å². The standard InChI is InChI=1S/C14H27N3O3/c1-6-17(7-8-19-5)14(18)10-20-12(3)9-11(2)16-13(4)15/h12H,2,6-10H2,1,3-5H3,(H2,15,16). The van der Waals surface area contributed by atoms with E-state index in [0.717, 1.165) is 0 Å². The van der Waals surface area contributed by atoms with Gasteiger partial charge in [0.15, 0.2) is 0 Å². The molecule has 6 heteroatoms. The van der Waals surface area contributed by atoms with Crippen LogP contribution in [0.15, 0.2) is 17.3 Å². The van der Waals surface area contributed by atoms with E-state index in [1.165, 1.54) is 0 Å². The lowest BCUT2D eigenvalue weighted by Gasteiger charge is -2.21. The van der Waals surface area contributed by atoms with Crippen LogP contribution in [0.4, 0.5) is 0 Å². The van der Waals surface area contributed by atoms with Gasteiger partial charge in [-0.25, -0.2) is 4.99 Å². The third-order valence-corrected chi connectivity index (χ3v) is 2.65. The lowest BCUT2D eigenvalue weighted by Crippen LogP contribution is -2.37. The molecule has 6 nitrogen and oxygen atoms in total. The second-order valence-corrected chi connectivity index (χ2v) is 4.61. The maximum absolute atomic E-state index is 11.9. The number of rotatable bonds is 10. The molecule has 0 aliphatic rings. The molecule has 116 valence electrons. The number of ether oxygens (including phenoxy) is 2. The molecule has 0 heterocycles. The zero-order chi connectivity index (χ0) is 15.5. The van der Waals surface area contributed by atoms with E-state index in [-0.39, 0.29) is 18.6 Å². The fraction of sp³-hybridized carbons (Fsp3) is 0.714. The fourth-order valence-electron chi connectivity index (χ4n) is 1.65. The summed E-state index contributed by atoms with van der Waals surface area (Å²) >= 11 is 0. The van der Waals surface area contributed by atoms with E-state index in [9.17, 15) is 4.79 Å². The predicted molar refractivity (Wildman–Crippen MR) is 80.6 cm³/mol. The lowest BCUT2D eigenvalue weighted by atomic mass is 10.2. The molecule has 0 radical (unpaired) electrons. The number of amides is 1. The normalized spacial score (nSPS) is 13.1. The maximum Gasteiger partial charge on any atom is 0.248 e. The molecule has 20 heavy (non-hydrogen) atoms. The molecule has 1 unspecified atom stereocenters. The number of hydrogen-bond acceptors (Lipinski definition) is 4. The molecule has 0 aliphatic carbocycles. The van der Waals surface area contributed by atoms with Gasteiger partial charge in [-0.05, 0) is 20.8 Å². The number of aliphatic imine (C=N–C) groups is 1. The molecule has 1 atom stereocenters. The molecule has 0 spiro atoms. The molecular formula is C14H27N3O3. The van der Waals surface area contributed by atoms with E-state index in [2.05, 4.69) is 11.6 Å². The van der Waals surface area contributed by atoms with E-state index >= 15 is 0 Å². The molecule has 0 aliphatic heterocycles.